The Balaban J connectivity index is 2.57. The summed E-state index contributed by atoms with van der Waals surface area (Å²) in [5.74, 6) is -1.52. The molecule has 0 unspecified atom stereocenters. The third-order valence-corrected chi connectivity index (χ3v) is 6.13. The standard InChI is InChI=1S/C13H17BrO4/c1-12-5-4-7(13(12,2)6-14)8(10(12)16)9(15)11(17)18-3/h7,15H,4-6H2,1-3H3/b9-8+/t7-,12+,13-/m1/s1. The van der Waals surface area contributed by atoms with Crippen LogP contribution in [0.5, 0.6) is 0 Å². The lowest BCUT2D eigenvalue weighted by Crippen LogP contribution is -2.36. The molecule has 0 spiro atoms. The van der Waals surface area contributed by atoms with Crippen molar-refractivity contribution in [3.05, 3.63) is 11.3 Å². The van der Waals surface area contributed by atoms with Crippen LogP contribution in [0.1, 0.15) is 26.7 Å². The molecule has 5 heteroatoms. The van der Waals surface area contributed by atoms with E-state index in [4.69, 9.17) is 0 Å². The van der Waals surface area contributed by atoms with Gasteiger partial charge in [-0.2, -0.15) is 0 Å². The molecule has 18 heavy (non-hydrogen) atoms. The predicted octanol–water partition coefficient (Wildman–Crippen LogP) is 2.37. The summed E-state index contributed by atoms with van der Waals surface area (Å²) < 4.78 is 4.50. The molecule has 2 aliphatic carbocycles. The highest BCUT2D eigenvalue weighted by atomic mass is 79.9. The molecule has 2 rings (SSSR count). The Morgan fingerprint density at radius 2 is 2.17 bits per heavy atom. The van der Waals surface area contributed by atoms with Crippen LogP contribution in [0.15, 0.2) is 11.3 Å². The van der Waals surface area contributed by atoms with Crippen LogP contribution in [-0.4, -0.2) is 29.3 Å². The van der Waals surface area contributed by atoms with Crippen molar-refractivity contribution in [2.75, 3.05) is 12.4 Å². The molecule has 0 radical (unpaired) electrons. The van der Waals surface area contributed by atoms with Gasteiger partial charge in [0.25, 0.3) is 0 Å². The molecular formula is C13H17BrO4. The van der Waals surface area contributed by atoms with E-state index in [0.29, 0.717) is 5.33 Å². The molecule has 2 saturated carbocycles. The quantitative estimate of drug-likeness (QED) is 0.368. The van der Waals surface area contributed by atoms with E-state index in [1.807, 2.05) is 13.8 Å². The number of ether oxygens (including phenoxy) is 1. The minimum Gasteiger partial charge on any atom is -0.502 e. The van der Waals surface area contributed by atoms with Gasteiger partial charge in [-0.1, -0.05) is 29.8 Å². The monoisotopic (exact) mass is 316 g/mol. The highest BCUT2D eigenvalue weighted by Crippen LogP contribution is 2.66. The van der Waals surface area contributed by atoms with E-state index in [1.54, 1.807) is 0 Å². The molecule has 0 aromatic carbocycles. The minimum atomic E-state index is -0.827. The van der Waals surface area contributed by atoms with Crippen LogP contribution < -0.4 is 0 Å². The van der Waals surface area contributed by atoms with Gasteiger partial charge < -0.3 is 9.84 Å². The maximum atomic E-state index is 12.5. The van der Waals surface area contributed by atoms with Crippen LogP contribution in [0.2, 0.25) is 0 Å². The first-order valence-corrected chi connectivity index (χ1v) is 7.08. The Hall–Kier alpha value is -0.840. The number of alkyl halides is 1. The van der Waals surface area contributed by atoms with E-state index >= 15 is 0 Å². The van der Waals surface area contributed by atoms with Crippen molar-refractivity contribution in [1.82, 2.24) is 0 Å². The number of halogens is 1. The summed E-state index contributed by atoms with van der Waals surface area (Å²) in [6.07, 6.45) is 1.62. The van der Waals surface area contributed by atoms with Crippen LogP contribution >= 0.6 is 15.9 Å². The summed E-state index contributed by atoms with van der Waals surface area (Å²) in [6, 6.07) is 0. The fourth-order valence-electron chi connectivity index (χ4n) is 3.43. The molecule has 0 heterocycles. The zero-order valence-electron chi connectivity index (χ0n) is 10.7. The molecule has 3 atom stereocenters. The molecule has 0 saturated heterocycles. The molecule has 2 bridgehead atoms. The Bertz CT molecular complexity index is 456. The number of hydrogen-bond donors (Lipinski definition) is 1. The molecule has 2 fully saturated rings. The zero-order valence-corrected chi connectivity index (χ0v) is 12.3. The van der Waals surface area contributed by atoms with Crippen LogP contribution in [0.4, 0.5) is 0 Å². The van der Waals surface area contributed by atoms with Gasteiger partial charge >= 0.3 is 5.97 Å². The van der Waals surface area contributed by atoms with E-state index < -0.39 is 17.1 Å². The highest BCUT2D eigenvalue weighted by Gasteiger charge is 2.67. The first kappa shape index (κ1) is 13.6. The van der Waals surface area contributed by atoms with E-state index in [9.17, 15) is 14.7 Å². The second kappa shape index (κ2) is 4.08. The lowest BCUT2D eigenvalue weighted by Gasteiger charge is -2.34. The smallest absolute Gasteiger partial charge is 0.373 e. The Kier molecular flexibility index (Phi) is 3.08. The van der Waals surface area contributed by atoms with Gasteiger partial charge in [-0.25, -0.2) is 4.79 Å². The number of carbonyl (C=O) groups excluding carboxylic acids is 2. The van der Waals surface area contributed by atoms with Gasteiger partial charge in [0, 0.05) is 16.3 Å². The number of aliphatic hydroxyl groups excluding tert-OH is 1. The van der Waals surface area contributed by atoms with Gasteiger partial charge in [0.2, 0.25) is 5.76 Å². The number of esters is 1. The van der Waals surface area contributed by atoms with E-state index in [0.717, 1.165) is 12.8 Å². The van der Waals surface area contributed by atoms with Crippen molar-refractivity contribution in [3.8, 4) is 0 Å². The predicted molar refractivity (Wildman–Crippen MR) is 69.4 cm³/mol. The lowest BCUT2D eigenvalue weighted by molar-refractivity contribution is -0.139. The third-order valence-electron chi connectivity index (χ3n) is 4.97. The second-order valence-corrected chi connectivity index (χ2v) is 6.12. The molecule has 100 valence electrons. The number of hydrogen-bond acceptors (Lipinski definition) is 4. The van der Waals surface area contributed by atoms with Crippen molar-refractivity contribution >= 4 is 27.7 Å². The normalized spacial score (nSPS) is 41.1. The third kappa shape index (κ3) is 1.37. The average molecular weight is 317 g/mol. The highest BCUT2D eigenvalue weighted by molar-refractivity contribution is 9.09. The summed E-state index contributed by atoms with van der Waals surface area (Å²) in [5.41, 5.74) is -0.488. The van der Waals surface area contributed by atoms with Crippen molar-refractivity contribution in [2.45, 2.75) is 26.7 Å². The number of fused-ring (bicyclic) bond motifs is 2. The number of rotatable bonds is 2. The molecule has 1 N–H and O–H groups in total. The Morgan fingerprint density at radius 1 is 1.56 bits per heavy atom. The number of aliphatic hydroxyl groups is 1. The maximum absolute atomic E-state index is 12.5. The van der Waals surface area contributed by atoms with Gasteiger partial charge in [-0.05, 0) is 24.2 Å². The van der Waals surface area contributed by atoms with Crippen molar-refractivity contribution < 1.29 is 19.4 Å². The van der Waals surface area contributed by atoms with Gasteiger partial charge in [-0.15, -0.1) is 0 Å². The van der Waals surface area contributed by atoms with Gasteiger partial charge in [0.15, 0.2) is 5.78 Å². The summed E-state index contributed by atoms with van der Waals surface area (Å²) in [6.45, 7) is 3.96. The molecule has 0 amide bonds. The summed E-state index contributed by atoms with van der Waals surface area (Å²) in [4.78, 5) is 23.9. The van der Waals surface area contributed by atoms with Crippen LogP contribution in [0, 0.1) is 16.7 Å². The van der Waals surface area contributed by atoms with Gasteiger partial charge in [-0.3, -0.25) is 4.79 Å². The summed E-state index contributed by atoms with van der Waals surface area (Å²) >= 11 is 3.47. The van der Waals surface area contributed by atoms with E-state index in [-0.39, 0.29) is 22.7 Å². The first-order chi connectivity index (χ1) is 8.33. The van der Waals surface area contributed by atoms with E-state index in [1.165, 1.54) is 7.11 Å². The second-order valence-electron chi connectivity index (χ2n) is 5.56. The SMILES string of the molecule is COC(=O)/C(O)=C1\C(=O)[C@]2(C)CC[C@H]1[C@@]2(C)CBr. The maximum Gasteiger partial charge on any atom is 0.373 e. The van der Waals surface area contributed by atoms with Gasteiger partial charge in [0.1, 0.15) is 0 Å². The first-order valence-electron chi connectivity index (χ1n) is 5.95. The molecule has 0 aliphatic heterocycles. The van der Waals surface area contributed by atoms with Crippen LogP contribution in [0.3, 0.4) is 0 Å². The summed E-state index contributed by atoms with van der Waals surface area (Å²) in [5, 5.41) is 10.6. The fourth-order valence-corrected chi connectivity index (χ4v) is 4.44. The van der Waals surface area contributed by atoms with Crippen molar-refractivity contribution in [2.24, 2.45) is 16.7 Å². The fraction of sp³-hybridized carbons (Fsp3) is 0.692. The Labute approximate surface area is 115 Å². The Morgan fingerprint density at radius 3 is 2.61 bits per heavy atom. The van der Waals surface area contributed by atoms with Crippen LogP contribution in [-0.2, 0) is 14.3 Å². The number of methoxy groups -OCH3 is 1. The van der Waals surface area contributed by atoms with Crippen molar-refractivity contribution in [3.63, 3.8) is 0 Å². The van der Waals surface area contributed by atoms with Crippen LogP contribution in [0.25, 0.3) is 0 Å². The number of allylic oxidation sites excluding steroid dienone is 1. The lowest BCUT2D eigenvalue weighted by atomic mass is 9.70. The van der Waals surface area contributed by atoms with Gasteiger partial charge in [0.05, 0.1) is 7.11 Å². The largest absolute Gasteiger partial charge is 0.502 e. The zero-order chi connectivity index (χ0) is 13.7. The topological polar surface area (TPSA) is 63.6 Å². The number of Topliss-reactive ketones (excluding diaryl/α,β-unsaturated/α-hetero) is 1. The molecule has 2 aliphatic rings. The van der Waals surface area contributed by atoms with E-state index in [2.05, 4.69) is 20.7 Å². The summed E-state index contributed by atoms with van der Waals surface area (Å²) in [7, 11) is 1.20. The number of ketones is 1. The molecular weight excluding hydrogens is 300 g/mol. The number of carbonyl (C=O) groups is 2. The molecule has 4 nitrogen and oxygen atoms in total. The average Bonchev–Trinajstić information content (AvgIpc) is 2.71. The minimum absolute atomic E-state index is 0.0755. The molecule has 0 aromatic heterocycles. The molecule has 0 aromatic rings. The van der Waals surface area contributed by atoms with Crippen molar-refractivity contribution in [1.29, 1.82) is 0 Å².